The summed E-state index contributed by atoms with van der Waals surface area (Å²) in [5.74, 6) is -2.11. The minimum Gasteiger partial charge on any atom is -0.423 e. The number of carbonyl (C=O) groups is 4. The first-order chi connectivity index (χ1) is 27.3. The third kappa shape index (κ3) is 12.0. The number of ether oxygens (including phenoxy) is 4. The first-order valence-corrected chi connectivity index (χ1v) is 19.1. The number of hydrogen-bond acceptors (Lipinski definition) is 9. The maximum atomic E-state index is 13.0. The minimum absolute atomic E-state index is 0.0351. The second-order valence-corrected chi connectivity index (χ2v) is 13.4. The van der Waals surface area contributed by atoms with Gasteiger partial charge in [-0.05, 0) is 122 Å². The van der Waals surface area contributed by atoms with Crippen LogP contribution < -0.4 is 18.9 Å². The fourth-order valence-electron chi connectivity index (χ4n) is 5.84. The van der Waals surface area contributed by atoms with Crippen molar-refractivity contribution in [2.75, 3.05) is 0 Å². The summed E-state index contributed by atoms with van der Waals surface area (Å²) in [7, 11) is 0. The summed E-state index contributed by atoms with van der Waals surface area (Å²) in [4.78, 5) is 51.4. The molecule has 0 radical (unpaired) electrons. The van der Waals surface area contributed by atoms with Crippen LogP contribution in [-0.4, -0.2) is 23.9 Å². The number of rotatable bonds is 18. The minimum atomic E-state index is -0.777. The molecule has 0 saturated carbocycles. The van der Waals surface area contributed by atoms with E-state index in [0.29, 0.717) is 11.1 Å². The highest BCUT2D eigenvalue weighted by molar-refractivity contribution is 5.94. The fourth-order valence-corrected chi connectivity index (χ4v) is 5.84. The molecule has 0 spiro atoms. The lowest BCUT2D eigenvalue weighted by atomic mass is 10.0. The molecule has 286 valence electrons. The Morgan fingerprint density at radius 2 is 0.804 bits per heavy atom. The van der Waals surface area contributed by atoms with Gasteiger partial charge in [0.1, 0.15) is 23.3 Å². The molecule has 0 N–H and O–H groups in total. The van der Waals surface area contributed by atoms with E-state index in [4.69, 9.17) is 18.9 Å². The molecule has 0 aliphatic heterocycles. The predicted molar refractivity (Wildman–Crippen MR) is 212 cm³/mol. The zero-order chi connectivity index (χ0) is 39.7. The fraction of sp³-hybridized carbons (Fsp3) is 0.255. The van der Waals surface area contributed by atoms with E-state index in [2.05, 4.69) is 13.8 Å². The molecule has 0 amide bonds. The molecule has 0 aliphatic rings. The average Bonchev–Trinajstić information content (AvgIpc) is 3.22. The first kappa shape index (κ1) is 40.7. The van der Waals surface area contributed by atoms with Gasteiger partial charge in [-0.1, -0.05) is 76.6 Å². The highest BCUT2D eigenvalue weighted by Gasteiger charge is 2.17. The number of aryl methyl sites for hydroxylation is 2. The smallest absolute Gasteiger partial charge is 0.343 e. The molecule has 0 bridgehead atoms. The monoisotopic (exact) mass is 751 g/mol. The Morgan fingerprint density at radius 1 is 0.446 bits per heavy atom. The molecular formula is C47H45NO8. The van der Waals surface area contributed by atoms with Gasteiger partial charge in [0.2, 0.25) is 0 Å². The van der Waals surface area contributed by atoms with Crippen molar-refractivity contribution in [1.82, 2.24) is 0 Å². The Bertz CT molecular complexity index is 2130. The maximum absolute atomic E-state index is 13.0. The summed E-state index contributed by atoms with van der Waals surface area (Å²) < 4.78 is 22.0. The van der Waals surface area contributed by atoms with Gasteiger partial charge >= 0.3 is 23.9 Å². The Kier molecular flexibility index (Phi) is 15.1. The molecule has 9 nitrogen and oxygen atoms in total. The van der Waals surface area contributed by atoms with Gasteiger partial charge in [0.15, 0.2) is 5.75 Å². The van der Waals surface area contributed by atoms with E-state index in [-0.39, 0.29) is 39.7 Å². The van der Waals surface area contributed by atoms with Gasteiger partial charge < -0.3 is 18.9 Å². The lowest BCUT2D eigenvalue weighted by molar-refractivity contribution is 0.0723. The van der Waals surface area contributed by atoms with Crippen LogP contribution in [-0.2, 0) is 12.8 Å². The number of nitrogens with zero attached hydrogens (tertiary/aromatic N) is 1. The first-order valence-electron chi connectivity index (χ1n) is 19.1. The molecule has 0 aromatic heterocycles. The van der Waals surface area contributed by atoms with E-state index < -0.39 is 23.9 Å². The van der Waals surface area contributed by atoms with Crippen LogP contribution in [0.15, 0.2) is 115 Å². The van der Waals surface area contributed by atoms with Crippen LogP contribution in [0.4, 0.5) is 0 Å². The number of benzene rings is 5. The van der Waals surface area contributed by atoms with Crippen LogP contribution in [0.2, 0.25) is 0 Å². The van der Waals surface area contributed by atoms with Crippen LogP contribution in [0.3, 0.4) is 0 Å². The SMILES string of the molecule is CCCCCCc1ccc(C(=O)Oc2ccc(C(=O)Oc3ccc(C#N)c(OC(=O)c4ccc(OC(=O)c5ccc(CCCCCC)cc5)cc4)c3)cc2)cc1. The number of carbonyl (C=O) groups excluding carboxylic acids is 4. The summed E-state index contributed by atoms with van der Waals surface area (Å²) >= 11 is 0. The average molecular weight is 752 g/mol. The molecule has 0 heterocycles. The van der Waals surface area contributed by atoms with E-state index in [9.17, 15) is 24.4 Å². The second kappa shape index (κ2) is 20.8. The molecule has 0 fully saturated rings. The molecule has 0 atom stereocenters. The number of hydrogen-bond donors (Lipinski definition) is 0. The third-order valence-corrected chi connectivity index (χ3v) is 9.11. The van der Waals surface area contributed by atoms with Gasteiger partial charge in [-0.25, -0.2) is 19.2 Å². The van der Waals surface area contributed by atoms with Crippen LogP contribution >= 0.6 is 0 Å². The van der Waals surface area contributed by atoms with Crippen molar-refractivity contribution in [3.63, 3.8) is 0 Å². The van der Waals surface area contributed by atoms with Crippen molar-refractivity contribution >= 4 is 23.9 Å². The highest BCUT2D eigenvalue weighted by Crippen LogP contribution is 2.27. The van der Waals surface area contributed by atoms with Crippen molar-refractivity contribution in [2.45, 2.75) is 78.1 Å². The van der Waals surface area contributed by atoms with Crippen LogP contribution in [0.1, 0.15) is 123 Å². The molecule has 5 aromatic rings. The van der Waals surface area contributed by atoms with Gasteiger partial charge in [0, 0.05) is 6.07 Å². The quantitative estimate of drug-likeness (QED) is 0.0488. The molecular weight excluding hydrogens is 707 g/mol. The van der Waals surface area contributed by atoms with E-state index in [1.807, 2.05) is 30.3 Å². The zero-order valence-corrected chi connectivity index (χ0v) is 31.8. The predicted octanol–water partition coefficient (Wildman–Crippen LogP) is 10.7. The topological polar surface area (TPSA) is 129 Å². The summed E-state index contributed by atoms with van der Waals surface area (Å²) in [6.07, 6.45) is 11.3. The standard InChI is InChI=1S/C47H45NO8/c1-3-5-7-9-11-33-13-17-35(18-14-33)44(49)53-40-26-21-37(22-27-40)46(51)55-42-30-25-39(32-48)43(31-42)56-47(52)38-23-28-41(29-24-38)54-45(50)36-19-15-34(16-20-36)12-10-8-6-4-2/h13-31H,3-12H2,1-2H3. The third-order valence-electron chi connectivity index (χ3n) is 9.11. The van der Waals surface area contributed by atoms with Gasteiger partial charge in [-0.3, -0.25) is 0 Å². The van der Waals surface area contributed by atoms with Crippen LogP contribution in [0.25, 0.3) is 0 Å². The van der Waals surface area contributed by atoms with Crippen molar-refractivity contribution in [1.29, 1.82) is 5.26 Å². The van der Waals surface area contributed by atoms with Gasteiger partial charge in [0.05, 0.1) is 27.8 Å². The Morgan fingerprint density at radius 3 is 1.20 bits per heavy atom. The molecule has 0 saturated heterocycles. The normalized spacial score (nSPS) is 10.6. The number of unbranched alkanes of at least 4 members (excludes halogenated alkanes) is 6. The zero-order valence-electron chi connectivity index (χ0n) is 31.8. The largest absolute Gasteiger partial charge is 0.423 e. The lowest BCUT2D eigenvalue weighted by Gasteiger charge is -2.10. The van der Waals surface area contributed by atoms with Crippen molar-refractivity contribution in [3.8, 4) is 29.1 Å². The van der Waals surface area contributed by atoms with Crippen LogP contribution in [0.5, 0.6) is 23.0 Å². The Labute approximate surface area is 327 Å². The molecule has 5 rings (SSSR count). The van der Waals surface area contributed by atoms with E-state index >= 15 is 0 Å². The van der Waals surface area contributed by atoms with E-state index in [1.165, 1.54) is 116 Å². The van der Waals surface area contributed by atoms with Gasteiger partial charge in [-0.2, -0.15) is 5.26 Å². The summed E-state index contributed by atoms with van der Waals surface area (Å²) in [6, 6.07) is 32.4. The highest BCUT2D eigenvalue weighted by atomic mass is 16.6. The maximum Gasteiger partial charge on any atom is 0.343 e. The molecule has 9 heteroatoms. The van der Waals surface area contributed by atoms with Crippen molar-refractivity contribution < 1.29 is 38.1 Å². The molecule has 0 unspecified atom stereocenters. The summed E-state index contributed by atoms with van der Waals surface area (Å²) in [5.41, 5.74) is 3.53. The van der Waals surface area contributed by atoms with Gasteiger partial charge in [-0.15, -0.1) is 0 Å². The molecule has 5 aromatic carbocycles. The Hall–Kier alpha value is -6.53. The Balaban J connectivity index is 1.13. The second-order valence-electron chi connectivity index (χ2n) is 13.4. The summed E-state index contributed by atoms with van der Waals surface area (Å²) in [5, 5.41) is 9.63. The van der Waals surface area contributed by atoms with Gasteiger partial charge in [0.25, 0.3) is 0 Å². The lowest BCUT2D eigenvalue weighted by Crippen LogP contribution is -2.12. The van der Waals surface area contributed by atoms with Crippen molar-refractivity contribution in [3.05, 3.63) is 154 Å². The molecule has 0 aliphatic carbocycles. The van der Waals surface area contributed by atoms with Crippen LogP contribution in [0, 0.1) is 11.3 Å². The van der Waals surface area contributed by atoms with Crippen molar-refractivity contribution in [2.24, 2.45) is 0 Å². The number of esters is 4. The number of nitriles is 1. The van der Waals surface area contributed by atoms with E-state index in [0.717, 1.165) is 25.7 Å². The summed E-state index contributed by atoms with van der Waals surface area (Å²) in [6.45, 7) is 4.35. The van der Waals surface area contributed by atoms with E-state index in [1.54, 1.807) is 24.3 Å². The molecule has 56 heavy (non-hydrogen) atoms.